The molecule has 0 aliphatic heterocycles. The number of hydrogen-bond donors (Lipinski definition) is 2. The van der Waals surface area contributed by atoms with E-state index in [1.54, 1.807) is 25.1 Å². The monoisotopic (exact) mass is 266 g/mol. The first-order valence-corrected chi connectivity index (χ1v) is 6.76. The standard InChI is InChI=1S/C15H23FN2O/c1-5-10(2)17-15(19)12(4)18-11(3)13-8-6-7-9-14(13)16/h6-12,18H,5H2,1-4H3,(H,17,19). The van der Waals surface area contributed by atoms with E-state index in [9.17, 15) is 9.18 Å². The molecule has 0 aromatic heterocycles. The lowest BCUT2D eigenvalue weighted by atomic mass is 10.1. The van der Waals surface area contributed by atoms with Crippen LogP contribution in [-0.2, 0) is 4.79 Å². The average molecular weight is 266 g/mol. The van der Waals surface area contributed by atoms with E-state index in [-0.39, 0.29) is 29.8 Å². The highest BCUT2D eigenvalue weighted by atomic mass is 19.1. The Balaban J connectivity index is 2.59. The molecule has 3 unspecified atom stereocenters. The number of benzene rings is 1. The van der Waals surface area contributed by atoms with Gasteiger partial charge in [-0.25, -0.2) is 4.39 Å². The maximum atomic E-state index is 13.6. The quantitative estimate of drug-likeness (QED) is 0.831. The van der Waals surface area contributed by atoms with Crippen LogP contribution in [0, 0.1) is 5.82 Å². The van der Waals surface area contributed by atoms with Crippen LogP contribution in [0.4, 0.5) is 4.39 Å². The van der Waals surface area contributed by atoms with Crippen molar-refractivity contribution in [3.8, 4) is 0 Å². The second-order valence-corrected chi connectivity index (χ2v) is 4.95. The van der Waals surface area contributed by atoms with Gasteiger partial charge in [-0.2, -0.15) is 0 Å². The molecule has 0 bridgehead atoms. The van der Waals surface area contributed by atoms with E-state index in [2.05, 4.69) is 10.6 Å². The van der Waals surface area contributed by atoms with Crippen LogP contribution in [0.15, 0.2) is 24.3 Å². The summed E-state index contributed by atoms with van der Waals surface area (Å²) in [5, 5.41) is 6.02. The van der Waals surface area contributed by atoms with Gasteiger partial charge in [0, 0.05) is 17.6 Å². The molecule has 4 heteroatoms. The highest BCUT2D eigenvalue weighted by Gasteiger charge is 2.18. The number of amides is 1. The van der Waals surface area contributed by atoms with Gasteiger partial charge in [-0.3, -0.25) is 10.1 Å². The van der Waals surface area contributed by atoms with Crippen LogP contribution in [0.5, 0.6) is 0 Å². The topological polar surface area (TPSA) is 41.1 Å². The van der Waals surface area contributed by atoms with E-state index in [4.69, 9.17) is 0 Å². The van der Waals surface area contributed by atoms with E-state index in [0.717, 1.165) is 6.42 Å². The summed E-state index contributed by atoms with van der Waals surface area (Å²) in [5.74, 6) is -0.311. The summed E-state index contributed by atoms with van der Waals surface area (Å²) in [6, 6.07) is 6.19. The smallest absolute Gasteiger partial charge is 0.237 e. The van der Waals surface area contributed by atoms with Crippen molar-refractivity contribution in [3.05, 3.63) is 35.6 Å². The zero-order valence-corrected chi connectivity index (χ0v) is 12.0. The van der Waals surface area contributed by atoms with Gasteiger partial charge in [-0.05, 0) is 33.3 Å². The molecular formula is C15H23FN2O. The molecule has 0 saturated carbocycles. The third-order valence-corrected chi connectivity index (χ3v) is 3.27. The molecule has 106 valence electrons. The van der Waals surface area contributed by atoms with Crippen LogP contribution in [-0.4, -0.2) is 18.0 Å². The van der Waals surface area contributed by atoms with Crippen molar-refractivity contribution in [2.45, 2.75) is 52.2 Å². The summed E-state index contributed by atoms with van der Waals surface area (Å²) in [7, 11) is 0. The number of hydrogen-bond acceptors (Lipinski definition) is 2. The minimum Gasteiger partial charge on any atom is -0.352 e. The number of carbonyl (C=O) groups excluding carboxylic acids is 1. The molecule has 0 spiro atoms. The molecule has 0 heterocycles. The highest BCUT2D eigenvalue weighted by molar-refractivity contribution is 5.81. The van der Waals surface area contributed by atoms with Crippen molar-refractivity contribution in [3.63, 3.8) is 0 Å². The minimum absolute atomic E-state index is 0.0578. The molecule has 0 aliphatic rings. The Kier molecular flexibility index (Phi) is 5.96. The largest absolute Gasteiger partial charge is 0.352 e. The summed E-state index contributed by atoms with van der Waals surface area (Å²) in [4.78, 5) is 11.9. The first kappa shape index (κ1) is 15.6. The van der Waals surface area contributed by atoms with E-state index in [1.165, 1.54) is 6.07 Å². The first-order chi connectivity index (χ1) is 8.95. The molecule has 3 nitrogen and oxygen atoms in total. The molecule has 1 rings (SSSR count). The lowest BCUT2D eigenvalue weighted by Gasteiger charge is -2.22. The molecular weight excluding hydrogens is 243 g/mol. The molecule has 2 N–H and O–H groups in total. The summed E-state index contributed by atoms with van der Waals surface area (Å²) < 4.78 is 13.6. The van der Waals surface area contributed by atoms with Crippen molar-refractivity contribution in [2.75, 3.05) is 0 Å². The van der Waals surface area contributed by atoms with Gasteiger partial charge in [-0.1, -0.05) is 25.1 Å². The Labute approximate surface area is 114 Å². The molecule has 1 amide bonds. The van der Waals surface area contributed by atoms with Crippen LogP contribution >= 0.6 is 0 Å². The second-order valence-electron chi connectivity index (χ2n) is 4.95. The van der Waals surface area contributed by atoms with Gasteiger partial charge in [0.25, 0.3) is 0 Å². The van der Waals surface area contributed by atoms with Gasteiger partial charge in [0.1, 0.15) is 5.82 Å². The van der Waals surface area contributed by atoms with Gasteiger partial charge in [0.05, 0.1) is 6.04 Å². The number of nitrogens with one attached hydrogen (secondary N) is 2. The van der Waals surface area contributed by atoms with Crippen molar-refractivity contribution >= 4 is 5.91 Å². The van der Waals surface area contributed by atoms with Crippen LogP contribution in [0.2, 0.25) is 0 Å². The van der Waals surface area contributed by atoms with Gasteiger partial charge in [0.15, 0.2) is 0 Å². The molecule has 19 heavy (non-hydrogen) atoms. The predicted molar refractivity (Wildman–Crippen MR) is 75.3 cm³/mol. The molecule has 0 saturated heterocycles. The molecule has 1 aromatic rings. The lowest BCUT2D eigenvalue weighted by molar-refractivity contribution is -0.123. The second kappa shape index (κ2) is 7.24. The summed E-state index contributed by atoms with van der Waals surface area (Å²) in [6.45, 7) is 7.62. The normalized spacial score (nSPS) is 15.6. The van der Waals surface area contributed by atoms with Gasteiger partial charge in [-0.15, -0.1) is 0 Å². The van der Waals surface area contributed by atoms with Gasteiger partial charge >= 0.3 is 0 Å². The van der Waals surface area contributed by atoms with Crippen LogP contribution in [0.3, 0.4) is 0 Å². The fourth-order valence-electron chi connectivity index (χ4n) is 1.84. The molecule has 0 fully saturated rings. The number of rotatable bonds is 6. The molecule has 0 aliphatic carbocycles. The maximum absolute atomic E-state index is 13.6. The Bertz CT molecular complexity index is 422. The summed E-state index contributed by atoms with van der Waals surface area (Å²) in [5.41, 5.74) is 0.575. The molecule has 0 radical (unpaired) electrons. The first-order valence-electron chi connectivity index (χ1n) is 6.76. The number of carbonyl (C=O) groups is 1. The fourth-order valence-corrected chi connectivity index (χ4v) is 1.84. The molecule has 3 atom stereocenters. The Hall–Kier alpha value is -1.42. The Morgan fingerprint density at radius 2 is 1.89 bits per heavy atom. The highest BCUT2D eigenvalue weighted by Crippen LogP contribution is 2.16. The van der Waals surface area contributed by atoms with Crippen LogP contribution in [0.25, 0.3) is 0 Å². The van der Waals surface area contributed by atoms with Crippen molar-refractivity contribution in [2.24, 2.45) is 0 Å². The zero-order valence-electron chi connectivity index (χ0n) is 12.0. The number of halogens is 1. The van der Waals surface area contributed by atoms with Crippen molar-refractivity contribution in [1.29, 1.82) is 0 Å². The van der Waals surface area contributed by atoms with Crippen molar-refractivity contribution < 1.29 is 9.18 Å². The van der Waals surface area contributed by atoms with Gasteiger partial charge < -0.3 is 5.32 Å². The van der Waals surface area contributed by atoms with E-state index in [0.29, 0.717) is 5.56 Å². The summed E-state index contributed by atoms with van der Waals surface area (Å²) >= 11 is 0. The van der Waals surface area contributed by atoms with Crippen molar-refractivity contribution in [1.82, 2.24) is 10.6 Å². The van der Waals surface area contributed by atoms with Crippen LogP contribution < -0.4 is 10.6 Å². The minimum atomic E-state index is -0.358. The third-order valence-electron chi connectivity index (χ3n) is 3.27. The Morgan fingerprint density at radius 3 is 2.47 bits per heavy atom. The summed E-state index contributed by atoms with van der Waals surface area (Å²) in [6.07, 6.45) is 0.890. The van der Waals surface area contributed by atoms with E-state index >= 15 is 0 Å². The maximum Gasteiger partial charge on any atom is 0.237 e. The fraction of sp³-hybridized carbons (Fsp3) is 0.533. The molecule has 1 aromatic carbocycles. The van der Waals surface area contributed by atoms with E-state index < -0.39 is 0 Å². The lowest BCUT2D eigenvalue weighted by Crippen LogP contribution is -2.46. The zero-order chi connectivity index (χ0) is 14.4. The van der Waals surface area contributed by atoms with E-state index in [1.807, 2.05) is 20.8 Å². The third kappa shape index (κ3) is 4.63. The Morgan fingerprint density at radius 1 is 1.26 bits per heavy atom. The SMILES string of the molecule is CCC(C)NC(=O)C(C)NC(C)c1ccccc1F. The van der Waals surface area contributed by atoms with Gasteiger partial charge in [0.2, 0.25) is 5.91 Å². The predicted octanol–water partition coefficient (Wildman–Crippen LogP) is 2.78. The average Bonchev–Trinajstić information content (AvgIpc) is 2.38. The van der Waals surface area contributed by atoms with Crippen LogP contribution in [0.1, 0.15) is 45.7 Å².